The molecule has 0 saturated carbocycles. The molecule has 1 aromatic heterocycles. The van der Waals surface area contributed by atoms with E-state index in [-0.39, 0.29) is 5.69 Å². The maximum absolute atomic E-state index is 13.7. The minimum atomic E-state index is -0.403. The fourth-order valence-electron chi connectivity index (χ4n) is 1.57. The maximum Gasteiger partial charge on any atom is 0.146 e. The number of halogens is 1. The van der Waals surface area contributed by atoms with Gasteiger partial charge in [-0.05, 0) is 19.1 Å². The van der Waals surface area contributed by atoms with Crippen LogP contribution in [0.4, 0.5) is 21.7 Å². The van der Waals surface area contributed by atoms with Crippen LogP contribution in [0.25, 0.3) is 0 Å². The standard InChI is InChI=1S/C12H14FN5O/c1-7-15-11(6-12(16-7)18-14)17-10-5-8(19-2)3-4-9(10)13/h3-6H,14H2,1-2H3,(H2,15,16,17,18). The van der Waals surface area contributed by atoms with Crippen molar-refractivity contribution in [2.24, 2.45) is 5.84 Å². The number of hydrazine groups is 1. The third-order valence-electron chi connectivity index (χ3n) is 2.42. The molecule has 0 fully saturated rings. The van der Waals surface area contributed by atoms with Crippen molar-refractivity contribution >= 4 is 17.3 Å². The van der Waals surface area contributed by atoms with Gasteiger partial charge in [0.2, 0.25) is 0 Å². The van der Waals surface area contributed by atoms with E-state index in [1.165, 1.54) is 13.2 Å². The predicted molar refractivity (Wildman–Crippen MR) is 70.8 cm³/mol. The fourth-order valence-corrected chi connectivity index (χ4v) is 1.57. The molecule has 19 heavy (non-hydrogen) atoms. The van der Waals surface area contributed by atoms with Crippen molar-refractivity contribution in [2.45, 2.75) is 6.92 Å². The lowest BCUT2D eigenvalue weighted by Gasteiger charge is -2.10. The highest BCUT2D eigenvalue weighted by Gasteiger charge is 2.07. The van der Waals surface area contributed by atoms with Crippen LogP contribution in [0.1, 0.15) is 5.82 Å². The molecule has 1 heterocycles. The van der Waals surface area contributed by atoms with Crippen LogP contribution in [0, 0.1) is 12.7 Å². The van der Waals surface area contributed by atoms with E-state index in [0.717, 1.165) is 0 Å². The first-order valence-corrected chi connectivity index (χ1v) is 5.55. The number of nitrogens with zero attached hydrogens (tertiary/aromatic N) is 2. The molecule has 0 aliphatic heterocycles. The van der Waals surface area contributed by atoms with Crippen LogP contribution in [-0.4, -0.2) is 17.1 Å². The van der Waals surface area contributed by atoms with Crippen LogP contribution >= 0.6 is 0 Å². The first kappa shape index (κ1) is 13.0. The first-order valence-electron chi connectivity index (χ1n) is 5.55. The average Bonchev–Trinajstić information content (AvgIpc) is 2.40. The van der Waals surface area contributed by atoms with Gasteiger partial charge >= 0.3 is 0 Å². The van der Waals surface area contributed by atoms with Gasteiger partial charge in [-0.1, -0.05) is 0 Å². The molecule has 4 N–H and O–H groups in total. The molecule has 2 rings (SSSR count). The second-order valence-electron chi connectivity index (χ2n) is 3.80. The quantitative estimate of drug-likeness (QED) is 0.577. The number of hydrogen-bond donors (Lipinski definition) is 3. The molecule has 1 aromatic carbocycles. The van der Waals surface area contributed by atoms with E-state index >= 15 is 0 Å². The maximum atomic E-state index is 13.7. The molecule has 2 aromatic rings. The van der Waals surface area contributed by atoms with Gasteiger partial charge in [0, 0.05) is 12.1 Å². The van der Waals surface area contributed by atoms with Gasteiger partial charge in [0.25, 0.3) is 0 Å². The average molecular weight is 263 g/mol. The molecule has 0 bridgehead atoms. The molecule has 0 radical (unpaired) electrons. The number of aryl methyl sites for hydroxylation is 1. The van der Waals surface area contributed by atoms with Gasteiger partial charge in [-0.2, -0.15) is 0 Å². The topological polar surface area (TPSA) is 85.1 Å². The molecule has 100 valence electrons. The van der Waals surface area contributed by atoms with Crippen molar-refractivity contribution in [1.82, 2.24) is 9.97 Å². The zero-order valence-corrected chi connectivity index (χ0v) is 10.6. The Labute approximate surface area is 109 Å². The van der Waals surface area contributed by atoms with Crippen molar-refractivity contribution in [1.29, 1.82) is 0 Å². The van der Waals surface area contributed by atoms with Crippen molar-refractivity contribution in [3.05, 3.63) is 35.9 Å². The van der Waals surface area contributed by atoms with E-state index in [1.807, 2.05) is 0 Å². The number of anilines is 3. The van der Waals surface area contributed by atoms with Gasteiger partial charge < -0.3 is 15.5 Å². The Balaban J connectivity index is 2.32. The molecular weight excluding hydrogens is 249 g/mol. The molecule has 0 amide bonds. The molecule has 0 atom stereocenters. The number of benzene rings is 1. The second-order valence-corrected chi connectivity index (χ2v) is 3.80. The Morgan fingerprint density at radius 2 is 1.95 bits per heavy atom. The number of nitrogens with one attached hydrogen (secondary N) is 2. The highest BCUT2D eigenvalue weighted by molar-refractivity contribution is 5.61. The SMILES string of the molecule is COc1ccc(F)c(Nc2cc(NN)nc(C)n2)c1. The van der Waals surface area contributed by atoms with Crippen molar-refractivity contribution in [3.63, 3.8) is 0 Å². The number of nitrogens with two attached hydrogens (primary N) is 1. The number of aromatic nitrogens is 2. The van der Waals surface area contributed by atoms with Gasteiger partial charge in [-0.3, -0.25) is 0 Å². The largest absolute Gasteiger partial charge is 0.497 e. The summed E-state index contributed by atoms with van der Waals surface area (Å²) in [4.78, 5) is 8.19. The summed E-state index contributed by atoms with van der Waals surface area (Å²) in [5.74, 6) is 6.83. The third kappa shape index (κ3) is 3.08. The molecule has 0 spiro atoms. The minimum Gasteiger partial charge on any atom is -0.497 e. The van der Waals surface area contributed by atoms with Crippen LogP contribution in [0.15, 0.2) is 24.3 Å². The van der Waals surface area contributed by atoms with Crippen LogP contribution in [-0.2, 0) is 0 Å². The monoisotopic (exact) mass is 263 g/mol. The predicted octanol–water partition coefficient (Wildman–Crippen LogP) is 1.96. The van der Waals surface area contributed by atoms with Crippen LogP contribution in [0.2, 0.25) is 0 Å². The summed E-state index contributed by atoms with van der Waals surface area (Å²) in [6.07, 6.45) is 0. The summed E-state index contributed by atoms with van der Waals surface area (Å²) >= 11 is 0. The normalized spacial score (nSPS) is 10.1. The van der Waals surface area contributed by atoms with E-state index in [1.54, 1.807) is 25.1 Å². The fraction of sp³-hybridized carbons (Fsp3) is 0.167. The third-order valence-corrected chi connectivity index (χ3v) is 2.42. The van der Waals surface area contributed by atoms with Crippen molar-refractivity contribution in [3.8, 4) is 5.75 Å². The van der Waals surface area contributed by atoms with Gasteiger partial charge in [-0.15, -0.1) is 0 Å². The Morgan fingerprint density at radius 3 is 2.63 bits per heavy atom. The van der Waals surface area contributed by atoms with Gasteiger partial charge in [0.05, 0.1) is 12.8 Å². The van der Waals surface area contributed by atoms with Crippen LogP contribution < -0.4 is 21.3 Å². The summed E-state index contributed by atoms with van der Waals surface area (Å²) in [6.45, 7) is 1.72. The van der Waals surface area contributed by atoms with Crippen molar-refractivity contribution in [2.75, 3.05) is 17.9 Å². The molecule has 0 saturated heterocycles. The lowest BCUT2D eigenvalue weighted by Crippen LogP contribution is -2.10. The summed E-state index contributed by atoms with van der Waals surface area (Å²) in [7, 11) is 1.52. The lowest BCUT2D eigenvalue weighted by molar-refractivity contribution is 0.414. The molecular formula is C12H14FN5O. The van der Waals surface area contributed by atoms with E-state index in [0.29, 0.717) is 23.2 Å². The van der Waals surface area contributed by atoms with Gasteiger partial charge in [0.1, 0.15) is 29.0 Å². The second kappa shape index (κ2) is 5.49. The van der Waals surface area contributed by atoms with Gasteiger partial charge in [-0.25, -0.2) is 20.2 Å². The number of rotatable bonds is 4. The number of methoxy groups -OCH3 is 1. The van der Waals surface area contributed by atoms with Crippen LogP contribution in [0.5, 0.6) is 5.75 Å². The van der Waals surface area contributed by atoms with E-state index in [9.17, 15) is 4.39 Å². The lowest BCUT2D eigenvalue weighted by atomic mass is 10.3. The number of ether oxygens (including phenoxy) is 1. The Kier molecular flexibility index (Phi) is 3.76. The summed E-state index contributed by atoms with van der Waals surface area (Å²) in [5, 5.41) is 2.86. The first-order chi connectivity index (χ1) is 9.12. The minimum absolute atomic E-state index is 0.264. The summed E-state index contributed by atoms with van der Waals surface area (Å²) in [5.41, 5.74) is 2.69. The van der Waals surface area contributed by atoms with E-state index in [2.05, 4.69) is 20.7 Å². The number of nitrogen functional groups attached to an aromatic ring is 1. The Morgan fingerprint density at radius 1 is 1.21 bits per heavy atom. The Bertz CT molecular complexity index is 590. The molecule has 0 unspecified atom stereocenters. The molecule has 0 aliphatic rings. The zero-order chi connectivity index (χ0) is 13.8. The molecule has 0 aliphatic carbocycles. The highest BCUT2D eigenvalue weighted by atomic mass is 19.1. The molecule has 7 heteroatoms. The summed E-state index contributed by atoms with van der Waals surface area (Å²) < 4.78 is 18.7. The van der Waals surface area contributed by atoms with Crippen LogP contribution in [0.3, 0.4) is 0 Å². The van der Waals surface area contributed by atoms with E-state index < -0.39 is 5.82 Å². The van der Waals surface area contributed by atoms with Crippen molar-refractivity contribution < 1.29 is 9.13 Å². The highest BCUT2D eigenvalue weighted by Crippen LogP contribution is 2.24. The molecule has 6 nitrogen and oxygen atoms in total. The smallest absolute Gasteiger partial charge is 0.146 e. The van der Waals surface area contributed by atoms with Gasteiger partial charge in [0.15, 0.2) is 0 Å². The number of hydrogen-bond acceptors (Lipinski definition) is 6. The Hall–Kier alpha value is -2.41. The van der Waals surface area contributed by atoms with E-state index in [4.69, 9.17) is 10.6 Å². The summed E-state index contributed by atoms with van der Waals surface area (Å²) in [6, 6.07) is 5.98. The zero-order valence-electron chi connectivity index (χ0n) is 10.6.